The summed E-state index contributed by atoms with van der Waals surface area (Å²) < 4.78 is 26.5. The van der Waals surface area contributed by atoms with Crippen LogP contribution in [0.15, 0.2) is 24.3 Å². The Hall–Kier alpha value is -2.46. The van der Waals surface area contributed by atoms with E-state index in [-0.39, 0.29) is 23.6 Å². The standard InChI is InChI=1S/C22H33N5O4S/c1-32(30,31)26-19(16-6-3-2-4-7-16)22(29)27-13-5-8-18(27)21(28)25-14-15-9-11-17(12-10-15)20(23)24/h9-12,16,18-19,26H,2-8,13-14H2,1H3,(H3,23,24)(H,25,28)/t18-,19+/m0/s1. The summed E-state index contributed by atoms with van der Waals surface area (Å²) in [6.45, 7) is 0.738. The van der Waals surface area contributed by atoms with E-state index in [1.54, 1.807) is 29.2 Å². The number of carbonyl (C=O) groups excluding carboxylic acids is 2. The van der Waals surface area contributed by atoms with Crippen LogP contribution in [0.3, 0.4) is 0 Å². The van der Waals surface area contributed by atoms with Gasteiger partial charge in [-0.15, -0.1) is 0 Å². The van der Waals surface area contributed by atoms with Gasteiger partial charge in [-0.3, -0.25) is 15.0 Å². The number of nitrogens with two attached hydrogens (primary N) is 1. The highest BCUT2D eigenvalue weighted by Gasteiger charge is 2.40. The minimum atomic E-state index is -3.56. The second-order valence-electron chi connectivity index (χ2n) is 8.78. The summed E-state index contributed by atoms with van der Waals surface area (Å²) in [6.07, 6.45) is 6.99. The molecule has 1 saturated carbocycles. The summed E-state index contributed by atoms with van der Waals surface area (Å²) in [7, 11) is -3.56. The van der Waals surface area contributed by atoms with Crippen molar-refractivity contribution in [3.8, 4) is 0 Å². The molecule has 2 amide bonds. The highest BCUT2D eigenvalue weighted by atomic mass is 32.2. The van der Waals surface area contributed by atoms with E-state index in [0.717, 1.165) is 43.9 Å². The van der Waals surface area contributed by atoms with Crippen molar-refractivity contribution in [1.29, 1.82) is 5.41 Å². The summed E-state index contributed by atoms with van der Waals surface area (Å²) in [4.78, 5) is 27.8. The van der Waals surface area contributed by atoms with Gasteiger partial charge in [0.15, 0.2) is 0 Å². The zero-order valence-corrected chi connectivity index (χ0v) is 19.3. The molecular weight excluding hydrogens is 430 g/mol. The lowest BCUT2D eigenvalue weighted by molar-refractivity contribution is -0.141. The van der Waals surface area contributed by atoms with Crippen LogP contribution in [-0.2, 0) is 26.2 Å². The number of amidine groups is 1. The van der Waals surface area contributed by atoms with Gasteiger partial charge in [-0.25, -0.2) is 13.1 Å². The molecule has 0 bridgehead atoms. The van der Waals surface area contributed by atoms with Crippen LogP contribution in [0.5, 0.6) is 0 Å². The van der Waals surface area contributed by atoms with Crippen LogP contribution in [0, 0.1) is 11.3 Å². The molecule has 9 nitrogen and oxygen atoms in total. The van der Waals surface area contributed by atoms with Crippen molar-refractivity contribution >= 4 is 27.7 Å². The Morgan fingerprint density at radius 2 is 1.78 bits per heavy atom. The van der Waals surface area contributed by atoms with Gasteiger partial charge in [0.05, 0.1) is 6.26 Å². The Morgan fingerprint density at radius 1 is 1.12 bits per heavy atom. The first kappa shape index (κ1) is 24.2. The van der Waals surface area contributed by atoms with Crippen molar-refractivity contribution in [3.05, 3.63) is 35.4 Å². The topological polar surface area (TPSA) is 145 Å². The number of benzene rings is 1. The molecule has 0 unspecified atom stereocenters. The van der Waals surface area contributed by atoms with Gasteiger partial charge in [-0.1, -0.05) is 43.5 Å². The smallest absolute Gasteiger partial charge is 0.243 e. The van der Waals surface area contributed by atoms with Crippen LogP contribution < -0.4 is 15.8 Å². The van der Waals surface area contributed by atoms with E-state index in [2.05, 4.69) is 10.0 Å². The molecule has 2 atom stereocenters. The van der Waals surface area contributed by atoms with Crippen molar-refractivity contribution in [1.82, 2.24) is 14.9 Å². The lowest BCUT2D eigenvalue weighted by atomic mass is 9.83. The second-order valence-corrected chi connectivity index (χ2v) is 10.6. The van der Waals surface area contributed by atoms with Crippen molar-refractivity contribution in [2.45, 2.75) is 63.6 Å². The highest BCUT2D eigenvalue weighted by Crippen LogP contribution is 2.29. The highest BCUT2D eigenvalue weighted by molar-refractivity contribution is 7.88. The molecule has 1 aliphatic carbocycles. The van der Waals surface area contributed by atoms with E-state index < -0.39 is 22.1 Å². The van der Waals surface area contributed by atoms with Crippen LogP contribution in [0.25, 0.3) is 0 Å². The van der Waals surface area contributed by atoms with Crippen LogP contribution in [-0.4, -0.2) is 55.9 Å². The quantitative estimate of drug-likeness (QED) is 0.337. The van der Waals surface area contributed by atoms with Gasteiger partial charge in [0.25, 0.3) is 0 Å². The van der Waals surface area contributed by atoms with Crippen molar-refractivity contribution < 1.29 is 18.0 Å². The molecule has 2 aliphatic rings. The summed E-state index contributed by atoms with van der Waals surface area (Å²) in [5, 5.41) is 10.3. The van der Waals surface area contributed by atoms with Crippen LogP contribution in [0.4, 0.5) is 0 Å². The van der Waals surface area contributed by atoms with Gasteiger partial charge in [-0.05, 0) is 37.2 Å². The molecule has 1 aliphatic heterocycles. The zero-order chi connectivity index (χ0) is 23.3. The molecule has 1 heterocycles. The van der Waals surface area contributed by atoms with Gasteiger partial charge < -0.3 is 16.0 Å². The number of nitrogen functional groups attached to an aromatic ring is 1. The summed E-state index contributed by atoms with van der Waals surface area (Å²) in [6, 6.07) is 5.61. The van der Waals surface area contributed by atoms with Gasteiger partial charge in [0, 0.05) is 18.7 Å². The Bertz CT molecular complexity index is 942. The summed E-state index contributed by atoms with van der Waals surface area (Å²) >= 11 is 0. The molecule has 0 radical (unpaired) electrons. The number of rotatable bonds is 8. The molecule has 1 saturated heterocycles. The number of amides is 2. The summed E-state index contributed by atoms with van der Waals surface area (Å²) in [5.74, 6) is -0.606. The SMILES string of the molecule is CS(=O)(=O)N[C@@H](C(=O)N1CCC[C@H]1C(=O)NCc1ccc(C(=N)N)cc1)C1CCCCC1. The lowest BCUT2D eigenvalue weighted by Gasteiger charge is -2.34. The maximum Gasteiger partial charge on any atom is 0.243 e. The molecule has 176 valence electrons. The maximum atomic E-state index is 13.4. The average molecular weight is 464 g/mol. The maximum absolute atomic E-state index is 13.4. The Balaban J connectivity index is 1.66. The number of carbonyl (C=O) groups is 2. The third-order valence-corrected chi connectivity index (χ3v) is 6.98. The molecule has 10 heteroatoms. The van der Waals surface area contributed by atoms with E-state index >= 15 is 0 Å². The van der Waals surface area contributed by atoms with E-state index in [1.165, 1.54) is 0 Å². The monoisotopic (exact) mass is 463 g/mol. The molecule has 5 N–H and O–H groups in total. The fourth-order valence-electron chi connectivity index (χ4n) is 4.64. The Kier molecular flexibility index (Phi) is 7.89. The number of hydrogen-bond acceptors (Lipinski definition) is 5. The predicted octanol–water partition coefficient (Wildman–Crippen LogP) is 1.08. The van der Waals surface area contributed by atoms with E-state index in [0.29, 0.717) is 31.5 Å². The van der Waals surface area contributed by atoms with Crippen molar-refractivity contribution in [2.75, 3.05) is 12.8 Å². The molecule has 1 aromatic rings. The van der Waals surface area contributed by atoms with Crippen LogP contribution in [0.2, 0.25) is 0 Å². The van der Waals surface area contributed by atoms with E-state index in [1.807, 2.05) is 0 Å². The van der Waals surface area contributed by atoms with Crippen LogP contribution >= 0.6 is 0 Å². The van der Waals surface area contributed by atoms with Gasteiger partial charge >= 0.3 is 0 Å². The first-order valence-electron chi connectivity index (χ1n) is 11.1. The largest absolute Gasteiger partial charge is 0.384 e. The minimum absolute atomic E-state index is 0.0177. The summed E-state index contributed by atoms with van der Waals surface area (Å²) in [5.41, 5.74) is 6.93. The fourth-order valence-corrected chi connectivity index (χ4v) is 5.39. The van der Waals surface area contributed by atoms with Gasteiger partial charge in [0.1, 0.15) is 17.9 Å². The van der Waals surface area contributed by atoms with Crippen molar-refractivity contribution in [3.63, 3.8) is 0 Å². The normalized spacial score (nSPS) is 20.7. The molecular formula is C22H33N5O4S. The third kappa shape index (κ3) is 6.29. The van der Waals surface area contributed by atoms with E-state index in [9.17, 15) is 18.0 Å². The van der Waals surface area contributed by atoms with Crippen molar-refractivity contribution in [2.24, 2.45) is 11.7 Å². The number of hydrogen-bond donors (Lipinski definition) is 4. The van der Waals surface area contributed by atoms with Gasteiger partial charge in [0.2, 0.25) is 21.8 Å². The van der Waals surface area contributed by atoms with Crippen LogP contribution in [0.1, 0.15) is 56.1 Å². The molecule has 0 aromatic heterocycles. The average Bonchev–Trinajstić information content (AvgIpc) is 3.26. The number of sulfonamides is 1. The molecule has 1 aromatic carbocycles. The lowest BCUT2D eigenvalue weighted by Crippen LogP contribution is -2.55. The van der Waals surface area contributed by atoms with Gasteiger partial charge in [-0.2, -0.15) is 0 Å². The molecule has 0 spiro atoms. The Morgan fingerprint density at radius 3 is 2.38 bits per heavy atom. The van der Waals surface area contributed by atoms with E-state index in [4.69, 9.17) is 11.1 Å². The molecule has 2 fully saturated rings. The number of nitrogens with zero attached hydrogens (tertiary/aromatic N) is 1. The molecule has 3 rings (SSSR count). The first-order valence-corrected chi connectivity index (χ1v) is 13.0. The Labute approximate surface area is 189 Å². The minimum Gasteiger partial charge on any atom is -0.384 e. The molecule has 32 heavy (non-hydrogen) atoms. The first-order chi connectivity index (χ1) is 15.2. The number of nitrogens with one attached hydrogen (secondary N) is 3. The zero-order valence-electron chi connectivity index (χ0n) is 18.5. The second kappa shape index (κ2) is 10.4. The number of likely N-dealkylation sites (tertiary alicyclic amines) is 1. The fraction of sp³-hybridized carbons (Fsp3) is 0.591. The third-order valence-electron chi connectivity index (χ3n) is 6.30. The predicted molar refractivity (Wildman–Crippen MR) is 122 cm³/mol.